The van der Waals surface area contributed by atoms with Gasteiger partial charge in [-0.2, -0.15) is 5.10 Å². The van der Waals surface area contributed by atoms with E-state index in [1.807, 2.05) is 26.0 Å². The number of carboxylic acid groups (broad SMARTS) is 1. The second-order valence-electron chi connectivity index (χ2n) is 5.81. The van der Waals surface area contributed by atoms with Crippen molar-refractivity contribution in [1.82, 2.24) is 9.78 Å². The molecular formula is C16H19N3O3. The summed E-state index contributed by atoms with van der Waals surface area (Å²) in [4.78, 5) is 23.5. The fourth-order valence-corrected chi connectivity index (χ4v) is 2.06. The minimum absolute atomic E-state index is 0.245. The summed E-state index contributed by atoms with van der Waals surface area (Å²) < 4.78 is 1.31. The molecule has 0 bridgehead atoms. The second-order valence-corrected chi connectivity index (χ2v) is 5.81. The van der Waals surface area contributed by atoms with Gasteiger partial charge in [-0.1, -0.05) is 17.7 Å². The van der Waals surface area contributed by atoms with E-state index in [9.17, 15) is 14.7 Å². The first kappa shape index (κ1) is 15.8. The summed E-state index contributed by atoms with van der Waals surface area (Å²) in [7, 11) is 0. The van der Waals surface area contributed by atoms with E-state index < -0.39 is 11.5 Å². The highest BCUT2D eigenvalue weighted by Gasteiger charge is 2.30. The van der Waals surface area contributed by atoms with E-state index in [1.54, 1.807) is 6.07 Å². The highest BCUT2D eigenvalue weighted by molar-refractivity contribution is 6.05. The molecular weight excluding hydrogens is 282 g/mol. The van der Waals surface area contributed by atoms with Gasteiger partial charge in [0.25, 0.3) is 5.91 Å². The summed E-state index contributed by atoms with van der Waals surface area (Å²) >= 11 is 0. The Balaban J connectivity index is 2.20. The minimum Gasteiger partial charge on any atom is -0.479 e. The molecule has 1 aromatic heterocycles. The molecule has 0 radical (unpaired) electrons. The zero-order valence-corrected chi connectivity index (χ0v) is 13.0. The highest BCUT2D eigenvalue weighted by atomic mass is 16.4. The van der Waals surface area contributed by atoms with Crippen LogP contribution in [0.3, 0.4) is 0 Å². The van der Waals surface area contributed by atoms with Crippen molar-refractivity contribution < 1.29 is 14.7 Å². The zero-order valence-electron chi connectivity index (χ0n) is 13.0. The van der Waals surface area contributed by atoms with E-state index in [4.69, 9.17) is 0 Å². The fraction of sp³-hybridized carbons (Fsp3) is 0.312. The molecule has 2 aromatic rings. The Morgan fingerprint density at radius 1 is 1.27 bits per heavy atom. The number of aromatic nitrogens is 2. The van der Waals surface area contributed by atoms with E-state index >= 15 is 0 Å². The fourth-order valence-electron chi connectivity index (χ4n) is 2.06. The standard InChI is InChI=1S/C16H19N3O3/c1-10-5-6-13(11(2)7-10)14(20)18-12-8-17-19(9-12)16(3,4)15(21)22/h5-9H,1-4H3,(H,18,20)(H,21,22). The van der Waals surface area contributed by atoms with Crippen molar-refractivity contribution in [2.75, 3.05) is 5.32 Å². The average Bonchev–Trinajstić information content (AvgIpc) is 2.87. The molecule has 0 aliphatic heterocycles. The van der Waals surface area contributed by atoms with E-state index in [1.165, 1.54) is 30.9 Å². The second kappa shape index (κ2) is 5.63. The van der Waals surface area contributed by atoms with Gasteiger partial charge in [-0.3, -0.25) is 9.48 Å². The Kier molecular flexibility index (Phi) is 4.03. The summed E-state index contributed by atoms with van der Waals surface area (Å²) in [6.07, 6.45) is 2.95. The van der Waals surface area contributed by atoms with Crippen molar-refractivity contribution >= 4 is 17.6 Å². The zero-order chi connectivity index (χ0) is 16.5. The van der Waals surface area contributed by atoms with Crippen molar-refractivity contribution in [3.05, 3.63) is 47.3 Å². The largest absolute Gasteiger partial charge is 0.479 e. The number of amides is 1. The summed E-state index contributed by atoms with van der Waals surface area (Å²) in [6.45, 7) is 6.92. The van der Waals surface area contributed by atoms with Crippen molar-refractivity contribution in [1.29, 1.82) is 0 Å². The van der Waals surface area contributed by atoms with Crippen LogP contribution in [-0.4, -0.2) is 26.8 Å². The topological polar surface area (TPSA) is 84.2 Å². The maximum absolute atomic E-state index is 12.3. The molecule has 0 aliphatic rings. The third kappa shape index (κ3) is 3.00. The Morgan fingerprint density at radius 3 is 2.55 bits per heavy atom. The molecule has 0 saturated carbocycles. The molecule has 0 spiro atoms. The molecule has 0 unspecified atom stereocenters. The Morgan fingerprint density at radius 2 is 1.95 bits per heavy atom. The molecule has 1 aromatic carbocycles. The average molecular weight is 301 g/mol. The van der Waals surface area contributed by atoms with Crippen LogP contribution in [0.15, 0.2) is 30.6 Å². The number of benzene rings is 1. The lowest BCUT2D eigenvalue weighted by Crippen LogP contribution is -2.35. The normalized spacial score (nSPS) is 11.3. The molecule has 2 rings (SSSR count). The summed E-state index contributed by atoms with van der Waals surface area (Å²) in [5.74, 6) is -1.24. The van der Waals surface area contributed by atoms with Gasteiger partial charge in [-0.15, -0.1) is 0 Å². The number of carboxylic acids is 1. The van der Waals surface area contributed by atoms with Crippen LogP contribution >= 0.6 is 0 Å². The van der Waals surface area contributed by atoms with Crippen molar-refractivity contribution in [2.24, 2.45) is 0 Å². The summed E-state index contributed by atoms with van der Waals surface area (Å²) in [5, 5.41) is 15.9. The molecule has 2 N–H and O–H groups in total. The van der Waals surface area contributed by atoms with E-state index in [0.717, 1.165) is 11.1 Å². The van der Waals surface area contributed by atoms with Gasteiger partial charge in [0.1, 0.15) is 0 Å². The molecule has 6 nitrogen and oxygen atoms in total. The number of carbonyl (C=O) groups excluding carboxylic acids is 1. The number of hydrogen-bond donors (Lipinski definition) is 2. The molecule has 1 amide bonds. The number of anilines is 1. The summed E-state index contributed by atoms with van der Waals surface area (Å²) in [6, 6.07) is 5.58. The minimum atomic E-state index is -1.18. The molecule has 0 atom stereocenters. The number of rotatable bonds is 4. The van der Waals surface area contributed by atoms with Crippen LogP contribution in [0.4, 0.5) is 5.69 Å². The molecule has 1 heterocycles. The first-order valence-corrected chi connectivity index (χ1v) is 6.89. The predicted octanol–water partition coefficient (Wildman–Crippen LogP) is 2.57. The van der Waals surface area contributed by atoms with Crippen LogP contribution in [0, 0.1) is 13.8 Å². The first-order chi connectivity index (χ1) is 10.2. The van der Waals surface area contributed by atoms with E-state index in [2.05, 4.69) is 10.4 Å². The smallest absolute Gasteiger partial charge is 0.331 e. The monoisotopic (exact) mass is 301 g/mol. The first-order valence-electron chi connectivity index (χ1n) is 6.89. The van der Waals surface area contributed by atoms with Gasteiger partial charge in [0.15, 0.2) is 5.54 Å². The van der Waals surface area contributed by atoms with Gasteiger partial charge in [0, 0.05) is 11.8 Å². The maximum Gasteiger partial charge on any atom is 0.331 e. The maximum atomic E-state index is 12.3. The van der Waals surface area contributed by atoms with Gasteiger partial charge in [0.2, 0.25) is 0 Å². The van der Waals surface area contributed by atoms with Gasteiger partial charge in [0.05, 0.1) is 11.9 Å². The van der Waals surface area contributed by atoms with Gasteiger partial charge in [-0.05, 0) is 39.3 Å². The summed E-state index contributed by atoms with van der Waals surface area (Å²) in [5.41, 5.74) is 1.83. The number of aliphatic carboxylic acids is 1. The van der Waals surface area contributed by atoms with Crippen molar-refractivity contribution in [3.8, 4) is 0 Å². The van der Waals surface area contributed by atoms with Gasteiger partial charge in [-0.25, -0.2) is 4.79 Å². The molecule has 6 heteroatoms. The number of hydrogen-bond acceptors (Lipinski definition) is 3. The van der Waals surface area contributed by atoms with Crippen LogP contribution in [-0.2, 0) is 10.3 Å². The van der Waals surface area contributed by atoms with Crippen LogP contribution < -0.4 is 5.32 Å². The van der Waals surface area contributed by atoms with Crippen LogP contribution in [0.5, 0.6) is 0 Å². The Hall–Kier alpha value is -2.63. The van der Waals surface area contributed by atoms with Gasteiger partial charge < -0.3 is 10.4 Å². The predicted molar refractivity (Wildman–Crippen MR) is 83.1 cm³/mol. The van der Waals surface area contributed by atoms with E-state index in [-0.39, 0.29) is 5.91 Å². The lowest BCUT2D eigenvalue weighted by molar-refractivity contribution is -0.146. The van der Waals surface area contributed by atoms with Crippen molar-refractivity contribution in [3.63, 3.8) is 0 Å². The lowest BCUT2D eigenvalue weighted by atomic mass is 10.1. The number of carbonyl (C=O) groups is 2. The molecule has 22 heavy (non-hydrogen) atoms. The number of nitrogens with zero attached hydrogens (tertiary/aromatic N) is 2. The SMILES string of the molecule is Cc1ccc(C(=O)Nc2cnn(C(C)(C)C(=O)O)c2)c(C)c1. The van der Waals surface area contributed by atoms with Crippen LogP contribution in [0.25, 0.3) is 0 Å². The molecule has 116 valence electrons. The highest BCUT2D eigenvalue weighted by Crippen LogP contribution is 2.18. The molecule has 0 fully saturated rings. The third-order valence-corrected chi connectivity index (χ3v) is 3.56. The number of aryl methyl sites for hydroxylation is 2. The molecule has 0 saturated heterocycles. The lowest BCUT2D eigenvalue weighted by Gasteiger charge is -2.19. The third-order valence-electron chi connectivity index (χ3n) is 3.56. The van der Waals surface area contributed by atoms with Crippen LogP contribution in [0.1, 0.15) is 35.3 Å². The quantitative estimate of drug-likeness (QED) is 0.909. The number of nitrogens with one attached hydrogen (secondary N) is 1. The van der Waals surface area contributed by atoms with Crippen molar-refractivity contribution in [2.45, 2.75) is 33.2 Å². The Labute approximate surface area is 128 Å². The van der Waals surface area contributed by atoms with Crippen LogP contribution in [0.2, 0.25) is 0 Å². The van der Waals surface area contributed by atoms with Gasteiger partial charge >= 0.3 is 5.97 Å². The van der Waals surface area contributed by atoms with E-state index in [0.29, 0.717) is 11.3 Å². The molecule has 0 aliphatic carbocycles. The Bertz CT molecular complexity index is 732.